The molecule has 136 valence electrons. The fourth-order valence-electron chi connectivity index (χ4n) is 2.61. The van der Waals surface area contributed by atoms with Gasteiger partial charge < -0.3 is 24.4 Å². The highest BCUT2D eigenvalue weighted by molar-refractivity contribution is 5.76. The van der Waals surface area contributed by atoms with E-state index >= 15 is 0 Å². The first kappa shape index (κ1) is 18.8. The molecule has 0 bridgehead atoms. The van der Waals surface area contributed by atoms with Gasteiger partial charge in [-0.1, -0.05) is 5.16 Å². The molecule has 1 aromatic carbocycles. The van der Waals surface area contributed by atoms with Crippen molar-refractivity contribution in [3.63, 3.8) is 0 Å². The van der Waals surface area contributed by atoms with Crippen LogP contribution in [0.1, 0.15) is 35.1 Å². The lowest BCUT2D eigenvalue weighted by Crippen LogP contribution is -2.28. The molecule has 1 atom stereocenters. The number of methoxy groups -OCH3 is 2. The summed E-state index contributed by atoms with van der Waals surface area (Å²) in [6.45, 7) is 3.76. The van der Waals surface area contributed by atoms with Gasteiger partial charge in [-0.3, -0.25) is 4.79 Å². The van der Waals surface area contributed by atoms with E-state index in [-0.39, 0.29) is 12.5 Å². The number of benzene rings is 1. The van der Waals surface area contributed by atoms with Gasteiger partial charge >= 0.3 is 0 Å². The molecule has 7 heteroatoms. The van der Waals surface area contributed by atoms with Crippen molar-refractivity contribution in [2.45, 2.75) is 32.8 Å². The van der Waals surface area contributed by atoms with Crippen molar-refractivity contribution in [3.05, 3.63) is 40.8 Å². The number of nitrogens with zero attached hydrogens (tertiary/aromatic N) is 1. The van der Waals surface area contributed by atoms with Crippen LogP contribution >= 0.6 is 0 Å². The molecule has 1 unspecified atom stereocenters. The summed E-state index contributed by atoms with van der Waals surface area (Å²) in [5.74, 6) is 1.73. The maximum atomic E-state index is 12.0. The minimum absolute atomic E-state index is 0.0873. The number of ether oxygens (including phenoxy) is 2. The Labute approximate surface area is 146 Å². The number of nitrogens with one attached hydrogen (secondary N) is 1. The quantitative estimate of drug-likeness (QED) is 0.759. The summed E-state index contributed by atoms with van der Waals surface area (Å²) in [5.41, 5.74) is 2.31. The van der Waals surface area contributed by atoms with Crippen molar-refractivity contribution < 1.29 is 23.9 Å². The van der Waals surface area contributed by atoms with Gasteiger partial charge in [-0.25, -0.2) is 0 Å². The van der Waals surface area contributed by atoms with Crippen LogP contribution in [0, 0.1) is 13.8 Å². The molecule has 2 aromatic rings. The van der Waals surface area contributed by atoms with Crippen LogP contribution in [0.15, 0.2) is 22.7 Å². The number of aliphatic hydroxyl groups excluding tert-OH is 1. The van der Waals surface area contributed by atoms with Crippen molar-refractivity contribution >= 4 is 5.91 Å². The van der Waals surface area contributed by atoms with Gasteiger partial charge in [-0.15, -0.1) is 0 Å². The maximum absolute atomic E-state index is 12.0. The minimum Gasteiger partial charge on any atom is -0.497 e. The van der Waals surface area contributed by atoms with Gasteiger partial charge in [0.25, 0.3) is 0 Å². The number of carbonyl (C=O) groups is 1. The smallest absolute Gasteiger partial charge is 0.220 e. The van der Waals surface area contributed by atoms with Crippen LogP contribution in [-0.2, 0) is 11.2 Å². The van der Waals surface area contributed by atoms with Gasteiger partial charge in [0.15, 0.2) is 0 Å². The van der Waals surface area contributed by atoms with Crippen LogP contribution < -0.4 is 14.8 Å². The van der Waals surface area contributed by atoms with Gasteiger partial charge in [0.05, 0.1) is 26.0 Å². The van der Waals surface area contributed by atoms with Crippen LogP contribution in [0.5, 0.6) is 11.5 Å². The summed E-state index contributed by atoms with van der Waals surface area (Å²) >= 11 is 0. The summed E-state index contributed by atoms with van der Waals surface area (Å²) in [7, 11) is 3.08. The normalized spacial score (nSPS) is 11.9. The first-order valence-electron chi connectivity index (χ1n) is 8.04. The first-order valence-corrected chi connectivity index (χ1v) is 8.04. The Morgan fingerprint density at radius 2 is 2.08 bits per heavy atom. The fourth-order valence-corrected chi connectivity index (χ4v) is 2.61. The Hall–Kier alpha value is -2.54. The van der Waals surface area contributed by atoms with Crippen LogP contribution in [0.3, 0.4) is 0 Å². The number of rotatable bonds is 8. The number of amides is 1. The molecule has 1 aromatic heterocycles. The number of aliphatic hydroxyl groups is 1. The van der Waals surface area contributed by atoms with E-state index in [2.05, 4.69) is 10.5 Å². The Morgan fingerprint density at radius 3 is 2.68 bits per heavy atom. The number of carbonyl (C=O) groups excluding carboxylic acids is 1. The van der Waals surface area contributed by atoms with Crippen molar-refractivity contribution in [2.24, 2.45) is 0 Å². The summed E-state index contributed by atoms with van der Waals surface area (Å²) < 4.78 is 15.5. The Kier molecular flexibility index (Phi) is 6.41. The average molecular weight is 348 g/mol. The van der Waals surface area contributed by atoms with Gasteiger partial charge in [-0.05, 0) is 38.5 Å². The lowest BCUT2D eigenvalue weighted by atomic mass is 10.1. The molecule has 1 amide bonds. The molecular formula is C18H24N2O5. The van der Waals surface area contributed by atoms with E-state index in [1.807, 2.05) is 13.8 Å². The number of aromatic nitrogens is 1. The lowest BCUT2D eigenvalue weighted by Gasteiger charge is -2.16. The standard InChI is InChI=1S/C18H24N2O5/c1-11-14(12(2)25-20-11)6-8-18(22)19-10-16(21)15-9-13(23-3)5-7-17(15)24-4/h5,7,9,16,21H,6,8,10H2,1-4H3,(H,19,22). The second-order valence-electron chi connectivity index (χ2n) is 5.73. The molecule has 2 rings (SSSR count). The first-order chi connectivity index (χ1) is 12.0. The van der Waals surface area contributed by atoms with Crippen LogP contribution in [0.4, 0.5) is 0 Å². The van der Waals surface area contributed by atoms with Gasteiger partial charge in [-0.2, -0.15) is 0 Å². The van der Waals surface area contributed by atoms with E-state index in [9.17, 15) is 9.90 Å². The largest absolute Gasteiger partial charge is 0.497 e. The molecule has 7 nitrogen and oxygen atoms in total. The van der Waals surface area contributed by atoms with Crippen LogP contribution in [0.25, 0.3) is 0 Å². The fraction of sp³-hybridized carbons (Fsp3) is 0.444. The Balaban J connectivity index is 1.91. The molecule has 0 aliphatic heterocycles. The molecule has 0 saturated carbocycles. The van der Waals surface area contributed by atoms with Crippen molar-refractivity contribution in [3.8, 4) is 11.5 Å². The monoisotopic (exact) mass is 348 g/mol. The van der Waals surface area contributed by atoms with E-state index in [1.54, 1.807) is 25.3 Å². The highest BCUT2D eigenvalue weighted by Gasteiger charge is 2.16. The van der Waals surface area contributed by atoms with E-state index in [4.69, 9.17) is 14.0 Å². The van der Waals surface area contributed by atoms with Crippen molar-refractivity contribution in [2.75, 3.05) is 20.8 Å². The molecule has 0 spiro atoms. The summed E-state index contributed by atoms with van der Waals surface area (Å²) in [4.78, 5) is 12.0. The number of hydrogen-bond acceptors (Lipinski definition) is 6. The van der Waals surface area contributed by atoms with Crippen molar-refractivity contribution in [1.29, 1.82) is 0 Å². The second-order valence-corrected chi connectivity index (χ2v) is 5.73. The topological polar surface area (TPSA) is 93.8 Å². The van der Waals surface area contributed by atoms with Crippen molar-refractivity contribution in [1.82, 2.24) is 10.5 Å². The Bertz CT molecular complexity index is 707. The molecule has 0 aliphatic rings. The number of hydrogen-bond donors (Lipinski definition) is 2. The molecule has 2 N–H and O–H groups in total. The zero-order chi connectivity index (χ0) is 18.4. The molecule has 0 fully saturated rings. The number of aryl methyl sites for hydroxylation is 2. The highest BCUT2D eigenvalue weighted by atomic mass is 16.5. The molecule has 0 radical (unpaired) electrons. The zero-order valence-corrected chi connectivity index (χ0v) is 15.0. The van der Waals surface area contributed by atoms with Gasteiger partial charge in [0.1, 0.15) is 17.3 Å². The van der Waals surface area contributed by atoms with Crippen LogP contribution in [-0.4, -0.2) is 36.9 Å². The second kappa shape index (κ2) is 8.53. The van der Waals surface area contributed by atoms with Gasteiger partial charge in [0.2, 0.25) is 5.91 Å². The van der Waals surface area contributed by atoms with E-state index < -0.39 is 6.10 Å². The van der Waals surface area contributed by atoms with E-state index in [0.717, 1.165) is 17.0 Å². The van der Waals surface area contributed by atoms with Gasteiger partial charge in [0, 0.05) is 24.1 Å². The maximum Gasteiger partial charge on any atom is 0.220 e. The SMILES string of the molecule is COc1ccc(OC)c(C(O)CNC(=O)CCc2c(C)noc2C)c1. The molecule has 0 aliphatic carbocycles. The summed E-state index contributed by atoms with van der Waals surface area (Å²) in [5, 5.41) is 17.0. The predicted octanol–water partition coefficient (Wildman–Crippen LogP) is 2.09. The third kappa shape index (κ3) is 4.73. The van der Waals surface area contributed by atoms with E-state index in [0.29, 0.717) is 29.9 Å². The molecule has 1 heterocycles. The third-order valence-electron chi connectivity index (χ3n) is 4.07. The zero-order valence-electron chi connectivity index (χ0n) is 15.0. The molecule has 0 saturated heterocycles. The van der Waals surface area contributed by atoms with E-state index in [1.165, 1.54) is 7.11 Å². The van der Waals surface area contributed by atoms with Crippen LogP contribution in [0.2, 0.25) is 0 Å². The predicted molar refractivity (Wildman–Crippen MR) is 91.8 cm³/mol. The minimum atomic E-state index is -0.895. The lowest BCUT2D eigenvalue weighted by molar-refractivity contribution is -0.121. The summed E-state index contributed by atoms with van der Waals surface area (Å²) in [6, 6.07) is 5.16. The highest BCUT2D eigenvalue weighted by Crippen LogP contribution is 2.29. The summed E-state index contributed by atoms with van der Waals surface area (Å²) in [6.07, 6.45) is -0.0516. The average Bonchev–Trinajstić information content (AvgIpc) is 2.95. The molecular weight excluding hydrogens is 324 g/mol. The Morgan fingerprint density at radius 1 is 1.32 bits per heavy atom. The molecule has 25 heavy (non-hydrogen) atoms. The third-order valence-corrected chi connectivity index (χ3v) is 4.07.